The van der Waals surface area contributed by atoms with Crippen molar-refractivity contribution in [2.75, 3.05) is 19.6 Å². The summed E-state index contributed by atoms with van der Waals surface area (Å²) in [6.45, 7) is 2.32. The Kier molecular flexibility index (Phi) is 4.68. The number of allylic oxidation sites excluding steroid dienone is 3. The van der Waals surface area contributed by atoms with Gasteiger partial charge >= 0.3 is 0 Å². The predicted molar refractivity (Wildman–Crippen MR) is 106 cm³/mol. The molecule has 1 aliphatic carbocycles. The molecule has 2 N–H and O–H groups in total. The SMILES string of the molecule is Cn1cc(C(=O)N2CCC(C3=CCCC(CN)=C3)CC2)c2ccccc21. The van der Waals surface area contributed by atoms with Crippen LogP contribution in [0, 0.1) is 5.92 Å². The van der Waals surface area contributed by atoms with Crippen molar-refractivity contribution in [3.05, 3.63) is 59.3 Å². The molecule has 4 rings (SSSR count). The first-order valence-electron chi connectivity index (χ1n) is 9.60. The molecule has 1 aromatic heterocycles. The van der Waals surface area contributed by atoms with Crippen LogP contribution in [0.1, 0.15) is 36.0 Å². The highest BCUT2D eigenvalue weighted by molar-refractivity contribution is 6.07. The maximum Gasteiger partial charge on any atom is 0.256 e. The van der Waals surface area contributed by atoms with Gasteiger partial charge in [-0.25, -0.2) is 0 Å². The van der Waals surface area contributed by atoms with E-state index in [1.807, 2.05) is 40.9 Å². The fourth-order valence-corrected chi connectivity index (χ4v) is 4.33. The van der Waals surface area contributed by atoms with Gasteiger partial charge in [-0.15, -0.1) is 0 Å². The molecule has 1 saturated heterocycles. The zero-order valence-electron chi connectivity index (χ0n) is 15.4. The molecule has 0 saturated carbocycles. The Balaban J connectivity index is 1.47. The van der Waals surface area contributed by atoms with Gasteiger partial charge in [0.15, 0.2) is 0 Å². The molecule has 136 valence electrons. The van der Waals surface area contributed by atoms with Gasteiger partial charge in [0, 0.05) is 43.8 Å². The van der Waals surface area contributed by atoms with E-state index in [1.165, 1.54) is 11.1 Å². The van der Waals surface area contributed by atoms with Gasteiger partial charge in [0.05, 0.1) is 5.56 Å². The Labute approximate surface area is 155 Å². The molecular weight excluding hydrogens is 322 g/mol. The third-order valence-corrected chi connectivity index (χ3v) is 5.86. The van der Waals surface area contributed by atoms with Crippen LogP contribution in [0.25, 0.3) is 10.9 Å². The lowest BCUT2D eigenvalue weighted by molar-refractivity contribution is 0.0704. The van der Waals surface area contributed by atoms with E-state index in [1.54, 1.807) is 0 Å². The van der Waals surface area contributed by atoms with E-state index in [9.17, 15) is 4.79 Å². The second kappa shape index (κ2) is 7.12. The van der Waals surface area contributed by atoms with Gasteiger partial charge in [-0.05, 0) is 43.2 Å². The van der Waals surface area contributed by atoms with Crippen LogP contribution in [0.15, 0.2) is 53.8 Å². The third-order valence-electron chi connectivity index (χ3n) is 5.86. The average molecular weight is 349 g/mol. The molecule has 1 aromatic carbocycles. The van der Waals surface area contributed by atoms with Crippen molar-refractivity contribution >= 4 is 16.8 Å². The topological polar surface area (TPSA) is 51.3 Å². The smallest absolute Gasteiger partial charge is 0.256 e. The van der Waals surface area contributed by atoms with E-state index in [0.29, 0.717) is 12.5 Å². The normalized spacial score (nSPS) is 18.8. The number of fused-ring (bicyclic) bond motifs is 1. The Morgan fingerprint density at radius 1 is 1.23 bits per heavy atom. The number of hydrogen-bond acceptors (Lipinski definition) is 2. The number of aryl methyl sites for hydroxylation is 1. The molecule has 4 nitrogen and oxygen atoms in total. The first-order valence-corrected chi connectivity index (χ1v) is 9.60. The van der Waals surface area contributed by atoms with Crippen molar-refractivity contribution in [2.45, 2.75) is 25.7 Å². The fourth-order valence-electron chi connectivity index (χ4n) is 4.33. The maximum absolute atomic E-state index is 13.1. The summed E-state index contributed by atoms with van der Waals surface area (Å²) >= 11 is 0. The molecule has 2 aromatic rings. The number of hydrogen-bond donors (Lipinski definition) is 1. The quantitative estimate of drug-likeness (QED) is 0.920. The van der Waals surface area contributed by atoms with Crippen molar-refractivity contribution in [1.29, 1.82) is 0 Å². The minimum Gasteiger partial charge on any atom is -0.350 e. The van der Waals surface area contributed by atoms with Gasteiger partial charge in [-0.1, -0.05) is 35.9 Å². The molecule has 0 unspecified atom stereocenters. The molecule has 4 heteroatoms. The Bertz CT molecular complexity index is 882. The minimum atomic E-state index is 0.163. The van der Waals surface area contributed by atoms with Crippen molar-refractivity contribution < 1.29 is 4.79 Å². The molecule has 1 aliphatic heterocycles. The second-order valence-corrected chi connectivity index (χ2v) is 7.49. The van der Waals surface area contributed by atoms with Crippen molar-refractivity contribution in [1.82, 2.24) is 9.47 Å². The Hall–Kier alpha value is -2.33. The van der Waals surface area contributed by atoms with E-state index in [4.69, 9.17) is 5.73 Å². The van der Waals surface area contributed by atoms with Crippen molar-refractivity contribution in [2.24, 2.45) is 18.7 Å². The number of aromatic nitrogens is 1. The zero-order chi connectivity index (χ0) is 18.1. The highest BCUT2D eigenvalue weighted by Crippen LogP contribution is 2.31. The summed E-state index contributed by atoms with van der Waals surface area (Å²) in [5.74, 6) is 0.726. The molecule has 26 heavy (non-hydrogen) atoms. The first kappa shape index (κ1) is 17.1. The number of para-hydroxylation sites is 1. The Morgan fingerprint density at radius 2 is 2.00 bits per heavy atom. The number of benzene rings is 1. The molecular formula is C22H27N3O. The number of nitrogens with two attached hydrogens (primary N) is 1. The van der Waals surface area contributed by atoms with Crippen molar-refractivity contribution in [3.8, 4) is 0 Å². The van der Waals surface area contributed by atoms with E-state index in [2.05, 4.69) is 18.2 Å². The number of nitrogens with zero attached hydrogens (tertiary/aromatic N) is 2. The van der Waals surface area contributed by atoms with Gasteiger partial charge in [-0.2, -0.15) is 0 Å². The van der Waals surface area contributed by atoms with E-state index in [-0.39, 0.29) is 5.91 Å². The largest absolute Gasteiger partial charge is 0.350 e. The number of piperidine rings is 1. The predicted octanol–water partition coefficient (Wildman–Crippen LogP) is 3.64. The van der Waals surface area contributed by atoms with Crippen molar-refractivity contribution in [3.63, 3.8) is 0 Å². The molecule has 1 fully saturated rings. The van der Waals surface area contributed by atoms with Crippen LogP contribution in [0.4, 0.5) is 0 Å². The summed E-state index contributed by atoms with van der Waals surface area (Å²) in [6, 6.07) is 8.13. The summed E-state index contributed by atoms with van der Waals surface area (Å²) < 4.78 is 2.04. The van der Waals surface area contributed by atoms with Crippen LogP contribution in [0.5, 0.6) is 0 Å². The minimum absolute atomic E-state index is 0.163. The van der Waals surface area contributed by atoms with Gasteiger partial charge in [0.25, 0.3) is 5.91 Å². The van der Waals surface area contributed by atoms with Gasteiger partial charge in [0.2, 0.25) is 0 Å². The summed E-state index contributed by atoms with van der Waals surface area (Å²) in [4.78, 5) is 15.1. The standard InChI is InChI=1S/C22H27N3O/c1-24-15-20(19-7-2-3-8-21(19)24)22(26)25-11-9-17(10-12-25)18-6-4-5-16(13-18)14-23/h2-3,6-8,13,15,17H,4-5,9-12,14,23H2,1H3. The zero-order valence-corrected chi connectivity index (χ0v) is 15.4. The van der Waals surface area contributed by atoms with Crippen LogP contribution >= 0.6 is 0 Å². The second-order valence-electron chi connectivity index (χ2n) is 7.49. The van der Waals surface area contributed by atoms with Crippen LogP contribution in [-0.2, 0) is 7.05 Å². The highest BCUT2D eigenvalue weighted by atomic mass is 16.2. The number of carbonyl (C=O) groups excluding carboxylic acids is 1. The highest BCUT2D eigenvalue weighted by Gasteiger charge is 2.27. The average Bonchev–Trinajstić information content (AvgIpc) is 3.04. The van der Waals surface area contributed by atoms with Crippen LogP contribution in [0.3, 0.4) is 0 Å². The first-order chi connectivity index (χ1) is 12.7. The lowest BCUT2D eigenvalue weighted by Gasteiger charge is -2.33. The van der Waals surface area contributed by atoms with Crippen LogP contribution in [-0.4, -0.2) is 35.0 Å². The van der Waals surface area contributed by atoms with Gasteiger partial charge < -0.3 is 15.2 Å². The number of carbonyl (C=O) groups is 1. The van der Waals surface area contributed by atoms with E-state index >= 15 is 0 Å². The summed E-state index contributed by atoms with van der Waals surface area (Å²) in [5, 5.41) is 1.05. The summed E-state index contributed by atoms with van der Waals surface area (Å²) in [5.41, 5.74) is 10.5. The fraction of sp³-hybridized carbons (Fsp3) is 0.409. The molecule has 1 amide bonds. The molecule has 2 heterocycles. The van der Waals surface area contributed by atoms with Crippen LogP contribution in [0.2, 0.25) is 0 Å². The number of likely N-dealkylation sites (tertiary alicyclic amines) is 1. The molecule has 2 aliphatic rings. The summed E-state index contributed by atoms with van der Waals surface area (Å²) in [6.07, 6.45) is 10.9. The third kappa shape index (κ3) is 3.10. The summed E-state index contributed by atoms with van der Waals surface area (Å²) in [7, 11) is 2.00. The van der Waals surface area contributed by atoms with E-state index in [0.717, 1.165) is 55.2 Å². The Morgan fingerprint density at radius 3 is 2.77 bits per heavy atom. The molecule has 0 atom stereocenters. The molecule has 0 bridgehead atoms. The molecule has 0 spiro atoms. The van der Waals surface area contributed by atoms with E-state index < -0.39 is 0 Å². The van der Waals surface area contributed by atoms with Gasteiger partial charge in [0.1, 0.15) is 0 Å². The lowest BCUT2D eigenvalue weighted by Crippen LogP contribution is -2.38. The molecule has 0 radical (unpaired) electrons. The number of rotatable bonds is 3. The maximum atomic E-state index is 13.1. The lowest BCUT2D eigenvalue weighted by atomic mass is 9.84. The van der Waals surface area contributed by atoms with Crippen LogP contribution < -0.4 is 5.73 Å². The van der Waals surface area contributed by atoms with Gasteiger partial charge in [-0.3, -0.25) is 4.79 Å². The number of amides is 1. The monoisotopic (exact) mass is 349 g/mol.